The van der Waals surface area contributed by atoms with Gasteiger partial charge >= 0.3 is 5.97 Å². The van der Waals surface area contributed by atoms with Gasteiger partial charge in [0, 0.05) is 19.0 Å². The van der Waals surface area contributed by atoms with Gasteiger partial charge < -0.3 is 14.8 Å². The molecule has 0 saturated carbocycles. The van der Waals surface area contributed by atoms with Crippen molar-refractivity contribution in [2.24, 2.45) is 0 Å². The molecule has 2 N–H and O–H groups in total. The Kier molecular flexibility index (Phi) is 3.37. The second kappa shape index (κ2) is 4.54. The molecule has 0 aliphatic heterocycles. The fourth-order valence-corrected chi connectivity index (χ4v) is 0.981. The van der Waals surface area contributed by atoms with Gasteiger partial charge in [-0.25, -0.2) is 0 Å². The first-order valence-electron chi connectivity index (χ1n) is 4.20. The van der Waals surface area contributed by atoms with Crippen LogP contribution in [0.2, 0.25) is 0 Å². The predicted octanol–water partition coefficient (Wildman–Crippen LogP) is 1.86. The topological polar surface area (TPSA) is 62.5 Å². The van der Waals surface area contributed by atoms with Crippen LogP contribution in [-0.2, 0) is 4.79 Å². The van der Waals surface area contributed by atoms with Crippen LogP contribution in [0.15, 0.2) is 16.5 Å². The van der Waals surface area contributed by atoms with Crippen molar-refractivity contribution < 1.29 is 14.3 Å². The number of rotatable bonds is 5. The Morgan fingerprint density at radius 1 is 1.62 bits per heavy atom. The molecule has 4 nitrogen and oxygen atoms in total. The van der Waals surface area contributed by atoms with Crippen molar-refractivity contribution in [3.05, 3.63) is 17.9 Å². The molecule has 0 atom stereocenters. The Hall–Kier alpha value is -1.45. The number of hydrogen-bond donors (Lipinski definition) is 2. The minimum absolute atomic E-state index is 0.187. The largest absolute Gasteiger partial charge is 0.481 e. The summed E-state index contributed by atoms with van der Waals surface area (Å²) < 4.78 is 5.23. The number of nitrogens with one attached hydrogen (secondary N) is 1. The van der Waals surface area contributed by atoms with Crippen LogP contribution < -0.4 is 5.32 Å². The quantitative estimate of drug-likeness (QED) is 0.684. The highest BCUT2D eigenvalue weighted by atomic mass is 16.4. The summed E-state index contributed by atoms with van der Waals surface area (Å²) in [6.07, 6.45) is 0.793. The molecule has 0 unspecified atom stereocenters. The number of carboxylic acid groups (broad SMARTS) is 1. The average Bonchev–Trinajstić information content (AvgIpc) is 2.45. The van der Waals surface area contributed by atoms with Gasteiger partial charge in [-0.2, -0.15) is 0 Å². The fraction of sp³-hybridized carbons (Fsp3) is 0.444. The van der Waals surface area contributed by atoms with Gasteiger partial charge in [0.15, 0.2) is 5.88 Å². The summed E-state index contributed by atoms with van der Waals surface area (Å²) in [5.74, 6) is 0.779. The molecule has 0 saturated heterocycles. The maximum atomic E-state index is 10.2. The summed E-state index contributed by atoms with van der Waals surface area (Å²) in [6.45, 7) is 2.49. The van der Waals surface area contributed by atoms with Gasteiger partial charge in [0.1, 0.15) is 5.76 Å². The highest BCUT2D eigenvalue weighted by Gasteiger charge is 1.98. The molecule has 72 valence electrons. The summed E-state index contributed by atoms with van der Waals surface area (Å²) in [6, 6.07) is 3.69. The third kappa shape index (κ3) is 3.64. The lowest BCUT2D eigenvalue weighted by molar-refractivity contribution is -0.137. The minimum atomic E-state index is -0.766. The minimum Gasteiger partial charge on any atom is -0.481 e. The highest BCUT2D eigenvalue weighted by molar-refractivity contribution is 5.66. The molecular weight excluding hydrogens is 170 g/mol. The van der Waals surface area contributed by atoms with Gasteiger partial charge in [-0.15, -0.1) is 0 Å². The average molecular weight is 183 g/mol. The van der Waals surface area contributed by atoms with Gasteiger partial charge in [-0.3, -0.25) is 4.79 Å². The van der Waals surface area contributed by atoms with E-state index in [0.717, 1.165) is 5.76 Å². The first kappa shape index (κ1) is 9.64. The van der Waals surface area contributed by atoms with Crippen LogP contribution in [-0.4, -0.2) is 17.6 Å². The molecule has 13 heavy (non-hydrogen) atoms. The normalized spacial score (nSPS) is 9.92. The lowest BCUT2D eigenvalue weighted by atomic mass is 10.3. The van der Waals surface area contributed by atoms with Crippen LogP contribution in [0.25, 0.3) is 0 Å². The first-order valence-corrected chi connectivity index (χ1v) is 4.20. The van der Waals surface area contributed by atoms with Gasteiger partial charge in [-0.1, -0.05) is 0 Å². The van der Waals surface area contributed by atoms with Crippen LogP contribution in [0, 0.1) is 6.92 Å². The Bertz CT molecular complexity index is 280. The van der Waals surface area contributed by atoms with Crippen LogP contribution >= 0.6 is 0 Å². The molecule has 0 bridgehead atoms. The van der Waals surface area contributed by atoms with Crippen molar-refractivity contribution in [2.75, 3.05) is 11.9 Å². The van der Waals surface area contributed by atoms with E-state index in [9.17, 15) is 4.79 Å². The van der Waals surface area contributed by atoms with Crippen LogP contribution in [0.3, 0.4) is 0 Å². The molecule has 0 fully saturated rings. The number of carboxylic acids is 1. The first-order chi connectivity index (χ1) is 6.18. The summed E-state index contributed by atoms with van der Waals surface area (Å²) in [5, 5.41) is 11.4. The van der Waals surface area contributed by atoms with E-state index in [1.807, 2.05) is 19.1 Å². The summed E-state index contributed by atoms with van der Waals surface area (Å²) in [4.78, 5) is 10.2. The second-order valence-corrected chi connectivity index (χ2v) is 2.83. The van der Waals surface area contributed by atoms with Gasteiger partial charge in [-0.05, 0) is 19.4 Å². The predicted molar refractivity (Wildman–Crippen MR) is 48.8 cm³/mol. The van der Waals surface area contributed by atoms with E-state index in [-0.39, 0.29) is 6.42 Å². The lowest BCUT2D eigenvalue weighted by Crippen LogP contribution is -2.03. The Balaban J connectivity index is 2.16. The SMILES string of the molecule is Cc1ccc(NCCCC(=O)O)o1. The van der Waals surface area contributed by atoms with Crippen LogP contribution in [0.1, 0.15) is 18.6 Å². The van der Waals surface area contributed by atoms with E-state index in [0.29, 0.717) is 18.8 Å². The summed E-state index contributed by atoms with van der Waals surface area (Å²) in [7, 11) is 0. The van der Waals surface area contributed by atoms with E-state index in [2.05, 4.69) is 5.32 Å². The van der Waals surface area contributed by atoms with E-state index >= 15 is 0 Å². The van der Waals surface area contributed by atoms with Crippen molar-refractivity contribution >= 4 is 11.9 Å². The molecule has 0 aliphatic carbocycles. The molecule has 0 radical (unpaired) electrons. The van der Waals surface area contributed by atoms with Crippen molar-refractivity contribution in [3.63, 3.8) is 0 Å². The summed E-state index contributed by atoms with van der Waals surface area (Å²) in [5.41, 5.74) is 0. The third-order valence-electron chi connectivity index (χ3n) is 1.61. The molecular formula is C9H13NO3. The number of anilines is 1. The van der Waals surface area contributed by atoms with Crippen LogP contribution in [0.5, 0.6) is 0 Å². The standard InChI is InChI=1S/C9H13NO3/c1-7-4-5-8(13-7)10-6-2-3-9(11)12/h4-5,10H,2-3,6H2,1H3,(H,11,12). The Labute approximate surface area is 76.6 Å². The zero-order valence-corrected chi connectivity index (χ0v) is 7.54. The van der Waals surface area contributed by atoms with Crippen molar-refractivity contribution in [3.8, 4) is 0 Å². The third-order valence-corrected chi connectivity index (χ3v) is 1.61. The monoisotopic (exact) mass is 183 g/mol. The molecule has 1 rings (SSSR count). The molecule has 1 aromatic heterocycles. The zero-order valence-electron chi connectivity index (χ0n) is 7.54. The molecule has 4 heteroatoms. The lowest BCUT2D eigenvalue weighted by Gasteiger charge is -1.99. The number of furan rings is 1. The number of hydrogen-bond acceptors (Lipinski definition) is 3. The summed E-state index contributed by atoms with van der Waals surface area (Å²) >= 11 is 0. The Morgan fingerprint density at radius 2 is 2.38 bits per heavy atom. The maximum Gasteiger partial charge on any atom is 0.303 e. The molecule has 0 spiro atoms. The Morgan fingerprint density at radius 3 is 2.92 bits per heavy atom. The second-order valence-electron chi connectivity index (χ2n) is 2.83. The van der Waals surface area contributed by atoms with Crippen molar-refractivity contribution in [1.29, 1.82) is 0 Å². The molecule has 0 amide bonds. The molecule has 0 aliphatic rings. The van der Waals surface area contributed by atoms with Crippen molar-refractivity contribution in [1.82, 2.24) is 0 Å². The van der Waals surface area contributed by atoms with Gasteiger partial charge in [0.2, 0.25) is 0 Å². The zero-order chi connectivity index (χ0) is 9.68. The van der Waals surface area contributed by atoms with E-state index in [4.69, 9.17) is 9.52 Å². The highest BCUT2D eigenvalue weighted by Crippen LogP contribution is 2.11. The van der Waals surface area contributed by atoms with Gasteiger partial charge in [0.25, 0.3) is 0 Å². The molecule has 1 heterocycles. The fourth-order valence-electron chi connectivity index (χ4n) is 0.981. The molecule has 1 aromatic rings. The van der Waals surface area contributed by atoms with E-state index < -0.39 is 5.97 Å². The number of aliphatic carboxylic acids is 1. The maximum absolute atomic E-state index is 10.2. The van der Waals surface area contributed by atoms with Crippen LogP contribution in [0.4, 0.5) is 5.88 Å². The number of carbonyl (C=O) groups is 1. The smallest absolute Gasteiger partial charge is 0.303 e. The van der Waals surface area contributed by atoms with Gasteiger partial charge in [0.05, 0.1) is 0 Å². The molecule has 0 aromatic carbocycles. The van der Waals surface area contributed by atoms with E-state index in [1.54, 1.807) is 0 Å². The van der Waals surface area contributed by atoms with Crippen molar-refractivity contribution in [2.45, 2.75) is 19.8 Å². The van der Waals surface area contributed by atoms with E-state index in [1.165, 1.54) is 0 Å². The number of aryl methyl sites for hydroxylation is 1.